The first-order valence-electron chi connectivity index (χ1n) is 33.8. The maximum Gasteiger partial charge on any atom is 0.164 e. The van der Waals surface area contributed by atoms with E-state index in [-0.39, 0.29) is 0 Å². The van der Waals surface area contributed by atoms with Crippen molar-refractivity contribution in [3.8, 4) is 95.7 Å². The van der Waals surface area contributed by atoms with Gasteiger partial charge in [-0.1, -0.05) is 243 Å². The van der Waals surface area contributed by atoms with Crippen molar-refractivity contribution in [1.29, 1.82) is 0 Å². The zero-order chi connectivity index (χ0) is 65.1. The molecular weight excluding hydrogens is 1200 g/mol. The molecule has 20 rings (SSSR count). The predicted octanol–water partition coefficient (Wildman–Crippen LogP) is 24.3. The summed E-state index contributed by atoms with van der Waals surface area (Å²) in [6.45, 7) is 0. The van der Waals surface area contributed by atoms with Gasteiger partial charge in [0.15, 0.2) is 17.5 Å². The average Bonchev–Trinajstić information content (AvgIpc) is 1.62. The van der Waals surface area contributed by atoms with E-state index in [0.717, 1.165) is 72.6 Å². The maximum absolute atomic E-state index is 5.28. The van der Waals surface area contributed by atoms with E-state index >= 15 is 0 Å². The smallest absolute Gasteiger partial charge is 0.164 e. The summed E-state index contributed by atoms with van der Waals surface area (Å²) in [7, 11) is 0. The van der Waals surface area contributed by atoms with Crippen LogP contribution in [-0.4, -0.2) is 28.7 Å². The fourth-order valence-corrected chi connectivity index (χ4v) is 15.6. The molecule has 0 aliphatic heterocycles. The van der Waals surface area contributed by atoms with E-state index in [9.17, 15) is 0 Å². The van der Waals surface area contributed by atoms with E-state index < -0.39 is 0 Å². The molecule has 20 aromatic rings. The highest BCUT2D eigenvalue weighted by Gasteiger charge is 2.21. The standard InChI is InChI=1S/C93H58N6/c1-3-20-60(21-4-1)91-94-92(96-93(95-91)69-27-19-25-64(54-69)62-23-17-24-63(52-62)65-42-48-77-75-32-8-7-30-73(75)74-31-9-10-33-76(74)81(77)55-65)68-26-18-22-61(53-68)59-40-45-71(46-41-59)98-86-38-15-13-36-80(86)84-58-72(47-51-90(84)98)99-87-39-16-12-35-79(87)83-57-67(44-50-89(83)99)66-43-49-88-82(56-66)78-34-11-14-37-85(78)97(88)70-28-5-2-6-29-70/h1-58H. The Kier molecular flexibility index (Phi) is 12.9. The number of rotatable bonds is 10. The Morgan fingerprint density at radius 1 is 0.141 bits per heavy atom. The van der Waals surface area contributed by atoms with Crippen molar-refractivity contribution in [3.05, 3.63) is 352 Å². The third kappa shape index (κ3) is 9.29. The Morgan fingerprint density at radius 2 is 0.424 bits per heavy atom. The molecule has 0 atom stereocenters. The second kappa shape index (κ2) is 22.7. The lowest BCUT2D eigenvalue weighted by Gasteiger charge is -2.13. The Labute approximate surface area is 570 Å². The Morgan fingerprint density at radius 3 is 0.919 bits per heavy atom. The van der Waals surface area contributed by atoms with E-state index in [1.807, 2.05) is 18.2 Å². The Balaban J connectivity index is 0.620. The molecule has 0 amide bonds. The first-order chi connectivity index (χ1) is 49.1. The van der Waals surface area contributed by atoms with Gasteiger partial charge in [0.25, 0.3) is 0 Å². The zero-order valence-corrected chi connectivity index (χ0v) is 53.7. The summed E-state index contributed by atoms with van der Waals surface area (Å²) in [5.41, 5.74) is 22.2. The van der Waals surface area contributed by atoms with Crippen LogP contribution in [0.25, 0.3) is 193 Å². The number of nitrogens with zero attached hydrogens (tertiary/aromatic N) is 6. The number of para-hydroxylation sites is 4. The summed E-state index contributed by atoms with van der Waals surface area (Å²) in [6.07, 6.45) is 0. The number of hydrogen-bond acceptors (Lipinski definition) is 3. The molecule has 0 aliphatic rings. The molecule has 99 heavy (non-hydrogen) atoms. The van der Waals surface area contributed by atoms with Gasteiger partial charge in [-0.3, -0.25) is 0 Å². The second-order valence-corrected chi connectivity index (χ2v) is 25.9. The number of fused-ring (bicyclic) bond motifs is 15. The minimum absolute atomic E-state index is 0.606. The molecule has 0 N–H and O–H groups in total. The molecule has 6 heteroatoms. The van der Waals surface area contributed by atoms with Crippen LogP contribution in [0, 0.1) is 0 Å². The topological polar surface area (TPSA) is 53.5 Å². The van der Waals surface area contributed by atoms with Gasteiger partial charge in [0.2, 0.25) is 0 Å². The molecule has 0 bridgehead atoms. The maximum atomic E-state index is 5.28. The summed E-state index contributed by atoms with van der Waals surface area (Å²) in [6, 6.07) is 128. The summed E-state index contributed by atoms with van der Waals surface area (Å²) in [5.74, 6) is 1.83. The van der Waals surface area contributed by atoms with Crippen LogP contribution in [0.5, 0.6) is 0 Å². The van der Waals surface area contributed by atoms with Crippen LogP contribution in [0.1, 0.15) is 0 Å². The molecule has 0 unspecified atom stereocenters. The molecule has 4 heterocycles. The fourth-order valence-electron chi connectivity index (χ4n) is 15.6. The van der Waals surface area contributed by atoms with E-state index in [2.05, 4.69) is 347 Å². The van der Waals surface area contributed by atoms with Gasteiger partial charge in [-0.05, 0) is 186 Å². The normalized spacial score (nSPS) is 11.8. The van der Waals surface area contributed by atoms with E-state index in [0.29, 0.717) is 17.5 Å². The van der Waals surface area contributed by atoms with Gasteiger partial charge in [0, 0.05) is 66.1 Å². The van der Waals surface area contributed by atoms with Crippen LogP contribution in [0.3, 0.4) is 0 Å². The highest BCUT2D eigenvalue weighted by molar-refractivity contribution is 6.26. The van der Waals surface area contributed by atoms with Crippen LogP contribution in [0.4, 0.5) is 0 Å². The van der Waals surface area contributed by atoms with Crippen molar-refractivity contribution in [1.82, 2.24) is 28.7 Å². The predicted molar refractivity (Wildman–Crippen MR) is 413 cm³/mol. The lowest BCUT2D eigenvalue weighted by molar-refractivity contribution is 1.07. The SMILES string of the molecule is c1ccc(-c2nc(-c3cccc(-c4ccc(-n5c6ccccc6c6cc(-n7c8ccccc8c8cc(-c9ccc%10c(c9)c9ccccc9n%10-c9ccccc9)ccc87)ccc65)cc4)c3)nc(-c3cccc(-c4cccc(-c5ccc6c7ccccc7c7ccccc7c6c5)c4)c3)n2)cc1. The van der Waals surface area contributed by atoms with Gasteiger partial charge in [-0.15, -0.1) is 0 Å². The average molecular weight is 1260 g/mol. The first-order valence-corrected chi connectivity index (χ1v) is 33.8. The fraction of sp³-hybridized carbons (Fsp3) is 0. The van der Waals surface area contributed by atoms with Gasteiger partial charge < -0.3 is 13.7 Å². The highest BCUT2D eigenvalue weighted by atomic mass is 15.0. The van der Waals surface area contributed by atoms with Crippen molar-refractivity contribution in [3.63, 3.8) is 0 Å². The van der Waals surface area contributed by atoms with Crippen molar-refractivity contribution >= 4 is 97.7 Å². The third-order valence-electron chi connectivity index (χ3n) is 20.2. The third-order valence-corrected chi connectivity index (χ3v) is 20.2. The van der Waals surface area contributed by atoms with Crippen LogP contribution in [0.2, 0.25) is 0 Å². The lowest BCUT2D eigenvalue weighted by Crippen LogP contribution is -2.00. The lowest BCUT2D eigenvalue weighted by atomic mass is 9.91. The van der Waals surface area contributed by atoms with Gasteiger partial charge in [-0.25, -0.2) is 15.0 Å². The second-order valence-electron chi connectivity index (χ2n) is 25.9. The summed E-state index contributed by atoms with van der Waals surface area (Å²) >= 11 is 0. The molecule has 0 radical (unpaired) electrons. The van der Waals surface area contributed by atoms with Gasteiger partial charge in [0.1, 0.15) is 0 Å². The van der Waals surface area contributed by atoms with Gasteiger partial charge in [-0.2, -0.15) is 0 Å². The number of aromatic nitrogens is 6. The van der Waals surface area contributed by atoms with Crippen LogP contribution < -0.4 is 0 Å². The van der Waals surface area contributed by atoms with E-state index in [1.54, 1.807) is 0 Å². The molecule has 0 aliphatic carbocycles. The number of hydrogen-bond donors (Lipinski definition) is 0. The van der Waals surface area contributed by atoms with Crippen molar-refractivity contribution in [2.75, 3.05) is 0 Å². The Hall–Kier alpha value is -13.3. The zero-order valence-electron chi connectivity index (χ0n) is 53.7. The van der Waals surface area contributed by atoms with Gasteiger partial charge >= 0.3 is 0 Å². The van der Waals surface area contributed by atoms with Crippen molar-refractivity contribution < 1.29 is 0 Å². The molecule has 16 aromatic carbocycles. The quantitative estimate of drug-likeness (QED) is 0.128. The molecule has 0 fully saturated rings. The molecule has 0 saturated carbocycles. The van der Waals surface area contributed by atoms with Crippen molar-refractivity contribution in [2.24, 2.45) is 0 Å². The first kappa shape index (κ1) is 56.1. The van der Waals surface area contributed by atoms with Crippen molar-refractivity contribution in [2.45, 2.75) is 0 Å². The van der Waals surface area contributed by atoms with Gasteiger partial charge in [0.05, 0.1) is 33.1 Å². The Bertz CT molecular complexity index is 6620. The largest absolute Gasteiger partial charge is 0.309 e. The summed E-state index contributed by atoms with van der Waals surface area (Å²) in [4.78, 5) is 15.6. The van der Waals surface area contributed by atoms with Crippen LogP contribution in [0.15, 0.2) is 352 Å². The summed E-state index contributed by atoms with van der Waals surface area (Å²) in [5, 5.41) is 14.9. The number of benzene rings is 16. The molecule has 460 valence electrons. The monoisotopic (exact) mass is 1260 g/mol. The highest BCUT2D eigenvalue weighted by Crippen LogP contribution is 2.43. The minimum atomic E-state index is 0.606. The minimum Gasteiger partial charge on any atom is -0.309 e. The van der Waals surface area contributed by atoms with E-state index in [4.69, 9.17) is 15.0 Å². The van der Waals surface area contributed by atoms with E-state index in [1.165, 1.54) is 103 Å². The summed E-state index contributed by atoms with van der Waals surface area (Å²) < 4.78 is 7.22. The molecule has 0 saturated heterocycles. The molecular formula is C93H58N6. The molecule has 4 aromatic heterocycles. The molecule has 6 nitrogen and oxygen atoms in total. The van der Waals surface area contributed by atoms with Crippen LogP contribution in [-0.2, 0) is 0 Å². The van der Waals surface area contributed by atoms with Crippen LogP contribution >= 0.6 is 0 Å². The molecule has 0 spiro atoms.